The van der Waals surface area contributed by atoms with Crippen LogP contribution in [0.5, 0.6) is 0 Å². The molecular formula is C20H24N6O3. The molecule has 1 N–H and O–H groups in total. The molecule has 0 aliphatic carbocycles. The van der Waals surface area contributed by atoms with E-state index in [4.69, 9.17) is 4.42 Å². The minimum absolute atomic E-state index is 0.104. The van der Waals surface area contributed by atoms with Crippen LogP contribution in [0.15, 0.2) is 33.6 Å². The van der Waals surface area contributed by atoms with Crippen LogP contribution in [-0.2, 0) is 17.9 Å². The summed E-state index contributed by atoms with van der Waals surface area (Å²) in [7, 11) is 0. The van der Waals surface area contributed by atoms with E-state index in [1.54, 1.807) is 10.5 Å². The molecule has 0 radical (unpaired) electrons. The molecule has 4 aromatic rings. The lowest BCUT2D eigenvalue weighted by molar-refractivity contribution is -0.121. The molecule has 0 atom stereocenters. The highest BCUT2D eigenvalue weighted by molar-refractivity contribution is 5.83. The van der Waals surface area contributed by atoms with E-state index < -0.39 is 0 Å². The number of nitrogens with one attached hydrogen (secondary N) is 1. The van der Waals surface area contributed by atoms with E-state index in [-0.39, 0.29) is 24.4 Å². The van der Waals surface area contributed by atoms with Gasteiger partial charge in [0.1, 0.15) is 17.1 Å². The maximum absolute atomic E-state index is 12.8. The van der Waals surface area contributed by atoms with Gasteiger partial charge in [0.2, 0.25) is 5.91 Å². The fourth-order valence-corrected chi connectivity index (χ4v) is 3.52. The van der Waals surface area contributed by atoms with Crippen LogP contribution in [0, 0.1) is 20.8 Å². The second-order valence-corrected chi connectivity index (χ2v) is 7.22. The average Bonchev–Trinajstić information content (AvgIpc) is 3.34. The summed E-state index contributed by atoms with van der Waals surface area (Å²) in [5.74, 6) is 1.35. The number of aryl methyl sites for hydroxylation is 5. The Kier molecular flexibility index (Phi) is 4.96. The third-order valence-electron chi connectivity index (χ3n) is 4.87. The number of furan rings is 1. The van der Waals surface area contributed by atoms with Gasteiger partial charge in [-0.2, -0.15) is 10.2 Å². The van der Waals surface area contributed by atoms with Crippen molar-refractivity contribution in [3.63, 3.8) is 0 Å². The Labute approximate surface area is 166 Å². The first-order valence-electron chi connectivity index (χ1n) is 9.68. The molecular weight excluding hydrogens is 372 g/mol. The average molecular weight is 396 g/mol. The van der Waals surface area contributed by atoms with Crippen LogP contribution in [0.4, 0.5) is 0 Å². The van der Waals surface area contributed by atoms with E-state index in [1.807, 2.05) is 43.8 Å². The minimum Gasteiger partial charge on any atom is -0.460 e. The first-order valence-corrected chi connectivity index (χ1v) is 9.68. The van der Waals surface area contributed by atoms with Gasteiger partial charge in [0.25, 0.3) is 5.56 Å². The van der Waals surface area contributed by atoms with Crippen molar-refractivity contribution in [2.24, 2.45) is 0 Å². The SMILES string of the molecule is Cc1ccn(CCCNC(=O)CCn2nc(C)n3c(cc4oc(C)cc43)c2=O)n1. The fraction of sp³-hybridized carbons (Fsp3) is 0.400. The van der Waals surface area contributed by atoms with Crippen molar-refractivity contribution in [3.8, 4) is 0 Å². The number of hydrogen-bond acceptors (Lipinski definition) is 5. The maximum Gasteiger partial charge on any atom is 0.291 e. The number of carbonyl (C=O) groups excluding carboxylic acids is 1. The molecule has 152 valence electrons. The molecule has 0 aromatic carbocycles. The molecule has 0 aliphatic rings. The van der Waals surface area contributed by atoms with E-state index in [2.05, 4.69) is 15.5 Å². The molecule has 9 heteroatoms. The van der Waals surface area contributed by atoms with Crippen molar-refractivity contribution in [1.82, 2.24) is 29.3 Å². The van der Waals surface area contributed by atoms with Crippen molar-refractivity contribution >= 4 is 22.5 Å². The third kappa shape index (κ3) is 3.80. The molecule has 9 nitrogen and oxygen atoms in total. The predicted octanol–water partition coefficient (Wildman–Crippen LogP) is 1.96. The quantitative estimate of drug-likeness (QED) is 0.482. The Morgan fingerprint density at radius 3 is 2.72 bits per heavy atom. The summed E-state index contributed by atoms with van der Waals surface area (Å²) in [6.45, 7) is 7.19. The first kappa shape index (κ1) is 19.0. The summed E-state index contributed by atoms with van der Waals surface area (Å²) in [4.78, 5) is 24.9. The van der Waals surface area contributed by atoms with Gasteiger partial charge in [-0.3, -0.25) is 18.7 Å². The van der Waals surface area contributed by atoms with Gasteiger partial charge in [0, 0.05) is 37.8 Å². The van der Waals surface area contributed by atoms with Crippen LogP contribution in [0.25, 0.3) is 16.6 Å². The zero-order valence-corrected chi connectivity index (χ0v) is 16.8. The highest BCUT2D eigenvalue weighted by atomic mass is 16.3. The van der Waals surface area contributed by atoms with Crippen LogP contribution in [0.1, 0.15) is 30.1 Å². The maximum atomic E-state index is 12.8. The predicted molar refractivity (Wildman–Crippen MR) is 108 cm³/mol. The van der Waals surface area contributed by atoms with Gasteiger partial charge < -0.3 is 9.73 Å². The summed E-state index contributed by atoms with van der Waals surface area (Å²) in [5, 5.41) is 11.6. The van der Waals surface area contributed by atoms with Crippen molar-refractivity contribution in [1.29, 1.82) is 0 Å². The molecule has 29 heavy (non-hydrogen) atoms. The van der Waals surface area contributed by atoms with E-state index in [9.17, 15) is 9.59 Å². The number of hydrogen-bond donors (Lipinski definition) is 1. The number of nitrogens with zero attached hydrogens (tertiary/aromatic N) is 5. The smallest absolute Gasteiger partial charge is 0.291 e. The Balaban J connectivity index is 1.37. The number of carbonyl (C=O) groups is 1. The summed E-state index contributed by atoms with van der Waals surface area (Å²) in [5.41, 5.74) is 2.73. The summed E-state index contributed by atoms with van der Waals surface area (Å²) < 4.78 is 10.6. The normalized spacial score (nSPS) is 11.6. The Morgan fingerprint density at radius 1 is 1.14 bits per heavy atom. The summed E-state index contributed by atoms with van der Waals surface area (Å²) in [6, 6.07) is 5.57. The zero-order valence-electron chi connectivity index (χ0n) is 16.8. The minimum atomic E-state index is -0.235. The highest BCUT2D eigenvalue weighted by Crippen LogP contribution is 2.22. The van der Waals surface area contributed by atoms with Gasteiger partial charge in [-0.25, -0.2) is 4.68 Å². The lowest BCUT2D eigenvalue weighted by atomic mass is 10.3. The molecule has 0 unspecified atom stereocenters. The molecule has 0 saturated carbocycles. The second-order valence-electron chi connectivity index (χ2n) is 7.22. The summed E-state index contributed by atoms with van der Waals surface area (Å²) >= 11 is 0. The van der Waals surface area contributed by atoms with Crippen molar-refractivity contribution in [2.45, 2.75) is 46.7 Å². The van der Waals surface area contributed by atoms with Gasteiger partial charge in [0.05, 0.1) is 17.8 Å². The number of rotatable bonds is 7. The molecule has 0 fully saturated rings. The van der Waals surface area contributed by atoms with Gasteiger partial charge in [-0.05, 0) is 33.3 Å². The van der Waals surface area contributed by atoms with Crippen LogP contribution in [0.2, 0.25) is 0 Å². The summed E-state index contributed by atoms with van der Waals surface area (Å²) in [6.07, 6.45) is 2.91. The first-order chi connectivity index (χ1) is 13.9. The highest BCUT2D eigenvalue weighted by Gasteiger charge is 2.15. The molecule has 4 aromatic heterocycles. The Bertz CT molecular complexity index is 1240. The number of amides is 1. The van der Waals surface area contributed by atoms with Crippen molar-refractivity contribution < 1.29 is 9.21 Å². The molecule has 0 saturated heterocycles. The van der Waals surface area contributed by atoms with Gasteiger partial charge in [-0.15, -0.1) is 0 Å². The third-order valence-corrected chi connectivity index (χ3v) is 4.87. The van der Waals surface area contributed by atoms with Crippen molar-refractivity contribution in [3.05, 3.63) is 52.0 Å². The molecule has 1 amide bonds. The van der Waals surface area contributed by atoms with Gasteiger partial charge in [-0.1, -0.05) is 0 Å². The van der Waals surface area contributed by atoms with Crippen LogP contribution in [0.3, 0.4) is 0 Å². The molecule has 4 heterocycles. The monoisotopic (exact) mass is 396 g/mol. The molecule has 4 rings (SSSR count). The van der Waals surface area contributed by atoms with E-state index in [0.29, 0.717) is 23.5 Å². The van der Waals surface area contributed by atoms with Crippen molar-refractivity contribution in [2.75, 3.05) is 6.54 Å². The van der Waals surface area contributed by atoms with Gasteiger partial charge in [0.15, 0.2) is 5.58 Å². The van der Waals surface area contributed by atoms with Crippen LogP contribution < -0.4 is 10.9 Å². The van der Waals surface area contributed by atoms with Crippen LogP contribution in [-0.4, -0.2) is 36.4 Å². The van der Waals surface area contributed by atoms with Gasteiger partial charge >= 0.3 is 0 Å². The van der Waals surface area contributed by atoms with E-state index >= 15 is 0 Å². The van der Waals surface area contributed by atoms with E-state index in [0.717, 1.165) is 29.9 Å². The lowest BCUT2D eigenvalue weighted by Crippen LogP contribution is -2.31. The standard InChI is InChI=1S/C20H24N6O3/c1-13-5-9-24(22-13)8-4-7-21-19(27)6-10-25-20(28)17-12-18-16(11-14(2)29-18)26(17)15(3)23-25/h5,9,11-12H,4,6-8,10H2,1-3H3,(H,21,27). The second kappa shape index (κ2) is 7.57. The Morgan fingerprint density at radius 2 is 1.97 bits per heavy atom. The van der Waals surface area contributed by atoms with E-state index in [1.165, 1.54) is 4.68 Å². The topological polar surface area (TPSA) is 99.4 Å². The fourth-order valence-electron chi connectivity index (χ4n) is 3.52. The Hall–Kier alpha value is -3.36. The number of aromatic nitrogens is 5. The molecule has 0 aliphatic heterocycles. The van der Waals surface area contributed by atoms with Crippen LogP contribution >= 0.6 is 0 Å². The lowest BCUT2D eigenvalue weighted by Gasteiger charge is -2.09. The molecule has 0 spiro atoms. The zero-order chi connectivity index (χ0) is 20.5. The largest absolute Gasteiger partial charge is 0.460 e. The number of fused-ring (bicyclic) bond motifs is 3. The molecule has 0 bridgehead atoms.